The van der Waals surface area contributed by atoms with Gasteiger partial charge >= 0.3 is 0 Å². The number of carbonyl (C=O) groups excluding carboxylic acids is 6. The lowest BCUT2D eigenvalue weighted by molar-refractivity contribution is -0.140. The van der Waals surface area contributed by atoms with Crippen LogP contribution in [0.1, 0.15) is 168 Å². The Morgan fingerprint density at radius 2 is 1.00 bits per heavy atom. The molecule has 0 spiro atoms. The van der Waals surface area contributed by atoms with Gasteiger partial charge in [-0.2, -0.15) is 0 Å². The van der Waals surface area contributed by atoms with Crippen LogP contribution in [0.25, 0.3) is 11.1 Å². The first kappa shape index (κ1) is 60.0. The molecule has 4 fully saturated rings. The van der Waals surface area contributed by atoms with Crippen LogP contribution in [0.15, 0.2) is 109 Å². The van der Waals surface area contributed by atoms with Crippen molar-refractivity contribution in [3.63, 3.8) is 0 Å². The second-order valence-electron chi connectivity index (χ2n) is 24.0. The van der Waals surface area contributed by atoms with Crippen molar-refractivity contribution < 1.29 is 28.8 Å². The molecule has 4 aromatic carbocycles. The molecule has 0 unspecified atom stereocenters. The van der Waals surface area contributed by atoms with E-state index in [4.69, 9.17) is 0 Å². The molecular formula is C68H92N6O6. The maximum absolute atomic E-state index is 14.7. The van der Waals surface area contributed by atoms with Gasteiger partial charge in [0.1, 0.15) is 11.8 Å². The number of likely N-dealkylation sites (N-methyl/N-ethyl adjacent to an activating group) is 1. The number of Topliss-reactive ketones (excluding diaryl/α,β-unsaturated/α-hetero) is 1. The zero-order valence-electron chi connectivity index (χ0n) is 48.6. The number of ketones is 1. The van der Waals surface area contributed by atoms with Crippen molar-refractivity contribution in [1.29, 1.82) is 0 Å². The predicted molar refractivity (Wildman–Crippen MR) is 319 cm³/mol. The van der Waals surface area contributed by atoms with Gasteiger partial charge in [-0.3, -0.25) is 28.8 Å². The normalized spacial score (nSPS) is 19.4. The average molecular weight is 1090 g/mol. The number of likely N-dealkylation sites (tertiary alicyclic amines) is 2. The molecule has 2 saturated heterocycles. The van der Waals surface area contributed by atoms with Crippen molar-refractivity contribution in [2.24, 2.45) is 23.7 Å². The van der Waals surface area contributed by atoms with Gasteiger partial charge in [-0.05, 0) is 130 Å². The second-order valence-corrected chi connectivity index (χ2v) is 24.0. The molecule has 2 heterocycles. The van der Waals surface area contributed by atoms with Crippen LogP contribution in [0.5, 0.6) is 0 Å². The lowest BCUT2D eigenvalue weighted by Gasteiger charge is -2.35. The summed E-state index contributed by atoms with van der Waals surface area (Å²) < 4.78 is 0. The summed E-state index contributed by atoms with van der Waals surface area (Å²) in [7, 11) is 1.79. The van der Waals surface area contributed by atoms with E-state index in [-0.39, 0.29) is 71.7 Å². The van der Waals surface area contributed by atoms with Crippen LogP contribution in [0, 0.1) is 23.7 Å². The highest BCUT2D eigenvalue weighted by atomic mass is 16.2. The highest BCUT2D eigenvalue weighted by molar-refractivity contribution is 5.96. The zero-order chi connectivity index (χ0) is 56.4. The number of amides is 5. The highest BCUT2D eigenvalue weighted by Crippen LogP contribution is 2.34. The van der Waals surface area contributed by atoms with E-state index in [2.05, 4.69) is 34.9 Å². The Balaban J connectivity index is 0.963. The van der Waals surface area contributed by atoms with Gasteiger partial charge in [0.2, 0.25) is 17.7 Å². The molecular weight excluding hydrogens is 997 g/mol. The van der Waals surface area contributed by atoms with Gasteiger partial charge in [0, 0.05) is 80.7 Å². The summed E-state index contributed by atoms with van der Waals surface area (Å²) in [6, 6.07) is 34.6. The summed E-state index contributed by atoms with van der Waals surface area (Å²) in [6.07, 6.45) is 18.5. The number of carbonyl (C=O) groups is 6. The molecule has 80 heavy (non-hydrogen) atoms. The molecule has 4 aliphatic rings. The van der Waals surface area contributed by atoms with Crippen LogP contribution < -0.4 is 10.6 Å². The first-order chi connectivity index (χ1) is 38.9. The van der Waals surface area contributed by atoms with Crippen LogP contribution in [-0.2, 0) is 32.0 Å². The number of rotatable bonds is 26. The molecule has 8 rings (SSSR count). The van der Waals surface area contributed by atoms with E-state index in [1.165, 1.54) is 25.7 Å². The van der Waals surface area contributed by atoms with E-state index in [1.54, 1.807) is 7.05 Å². The lowest BCUT2D eigenvalue weighted by atomic mass is 9.80. The largest absolute Gasteiger partial charge is 0.344 e. The Hall–Kier alpha value is -6.14. The van der Waals surface area contributed by atoms with E-state index < -0.39 is 6.04 Å². The summed E-state index contributed by atoms with van der Waals surface area (Å²) in [6.45, 7) is 8.84. The van der Waals surface area contributed by atoms with E-state index in [9.17, 15) is 28.8 Å². The second kappa shape index (κ2) is 30.1. The maximum atomic E-state index is 14.7. The monoisotopic (exact) mass is 1090 g/mol. The third-order valence-corrected chi connectivity index (χ3v) is 18.4. The molecule has 0 aromatic heterocycles. The summed E-state index contributed by atoms with van der Waals surface area (Å²) in [5, 5.41) is 6.28. The van der Waals surface area contributed by atoms with Gasteiger partial charge in [0.15, 0.2) is 0 Å². The summed E-state index contributed by atoms with van der Waals surface area (Å²) >= 11 is 0. The Bertz CT molecular complexity index is 2430. The number of benzene rings is 4. The Kier molecular flexibility index (Phi) is 22.5. The molecule has 2 aliphatic heterocycles. The van der Waals surface area contributed by atoms with Crippen molar-refractivity contribution in [1.82, 2.24) is 30.2 Å². The average Bonchev–Trinajstić information content (AvgIpc) is 4.19. The third-order valence-electron chi connectivity index (χ3n) is 18.4. The highest BCUT2D eigenvalue weighted by Gasteiger charge is 2.39. The minimum absolute atomic E-state index is 0.0202. The van der Waals surface area contributed by atoms with E-state index in [1.807, 2.05) is 125 Å². The van der Waals surface area contributed by atoms with Gasteiger partial charge in [0.05, 0.1) is 6.04 Å². The molecule has 0 bridgehead atoms. The van der Waals surface area contributed by atoms with Gasteiger partial charge in [-0.1, -0.05) is 163 Å². The van der Waals surface area contributed by atoms with E-state index in [0.29, 0.717) is 87.9 Å². The van der Waals surface area contributed by atoms with Crippen LogP contribution in [0.3, 0.4) is 0 Å². The van der Waals surface area contributed by atoms with Gasteiger partial charge in [-0.15, -0.1) is 0 Å². The third kappa shape index (κ3) is 16.5. The fourth-order valence-corrected chi connectivity index (χ4v) is 13.1. The summed E-state index contributed by atoms with van der Waals surface area (Å²) in [4.78, 5) is 93.2. The van der Waals surface area contributed by atoms with Crippen molar-refractivity contribution >= 4 is 35.3 Å². The number of hydrogen-bond donors (Lipinski definition) is 2. The fourth-order valence-electron chi connectivity index (χ4n) is 13.1. The van der Waals surface area contributed by atoms with Gasteiger partial charge in [-0.25, -0.2) is 0 Å². The first-order valence-corrected chi connectivity index (χ1v) is 30.9. The first-order valence-electron chi connectivity index (χ1n) is 30.9. The van der Waals surface area contributed by atoms with Crippen molar-refractivity contribution in [3.8, 4) is 11.1 Å². The molecule has 2 saturated carbocycles. The number of nitrogens with zero attached hydrogens (tertiary/aromatic N) is 4. The SMILES string of the molecule is CC[C@@H](C)C(=O)N[C@@H](CC1CCCCC1)C(=O)N1CCC[C@H]1CN(CCc1ccccc1)C(=O)c1ccc(-c2ccc(C(=O)N(CCc3ccccc3)C[C@@H]3CCCN3C(=O)[C@@H](CC(=O)[C@H](C)NC)CC3CCCCC3)cc2)cc1. The molecule has 12 nitrogen and oxygen atoms in total. The molecule has 4 aromatic rings. The maximum Gasteiger partial charge on any atom is 0.253 e. The van der Waals surface area contributed by atoms with Crippen LogP contribution in [0.4, 0.5) is 0 Å². The molecule has 12 heteroatoms. The van der Waals surface area contributed by atoms with Crippen LogP contribution >= 0.6 is 0 Å². The number of hydrogen-bond acceptors (Lipinski definition) is 7. The van der Waals surface area contributed by atoms with Crippen LogP contribution in [0.2, 0.25) is 0 Å². The minimum Gasteiger partial charge on any atom is -0.344 e. The standard InChI is InChI=1S/C68H92N6O6/c1-5-49(2)64(76)70-62(45-54-26-16-9-17-27-54)68(80)74-41-19-29-61(74)48-72(43-39-52-22-12-7-13-23-52)66(78)58-36-32-56(33-37-58)55-30-34-57(35-31-55)65(77)71(42-38-51-20-10-6-11-21-51)47-60-28-18-40-73(60)67(79)59(46-63(75)50(3)69-4)44-53-24-14-8-15-25-53/h6-7,10-13,20-23,30-37,49-50,53-54,59-62,69H,5,8-9,14-19,24-29,38-48H2,1-4H3,(H,70,76)/t49-,50+,59-,60+,61+,62+/m1/s1. The van der Waals surface area contributed by atoms with E-state index in [0.717, 1.165) is 92.9 Å². The summed E-state index contributed by atoms with van der Waals surface area (Å²) in [5.41, 5.74) is 5.23. The predicted octanol–water partition coefficient (Wildman–Crippen LogP) is 11.4. The number of nitrogens with one attached hydrogen (secondary N) is 2. The van der Waals surface area contributed by atoms with Crippen molar-refractivity contribution in [2.45, 2.75) is 173 Å². The van der Waals surface area contributed by atoms with Crippen molar-refractivity contribution in [3.05, 3.63) is 131 Å². The Morgan fingerprint density at radius 1 is 0.550 bits per heavy atom. The smallest absolute Gasteiger partial charge is 0.253 e. The molecule has 2 N–H and O–H groups in total. The molecule has 2 aliphatic carbocycles. The van der Waals surface area contributed by atoms with E-state index >= 15 is 0 Å². The lowest BCUT2D eigenvalue weighted by Crippen LogP contribution is -2.54. The molecule has 430 valence electrons. The fraction of sp³-hybridized carbons (Fsp3) is 0.559. The van der Waals surface area contributed by atoms with Gasteiger partial charge in [0.25, 0.3) is 11.8 Å². The zero-order valence-corrected chi connectivity index (χ0v) is 48.6. The molecule has 6 atom stereocenters. The topological polar surface area (TPSA) is 139 Å². The summed E-state index contributed by atoms with van der Waals surface area (Å²) in [5.74, 6) is 0.197. The van der Waals surface area contributed by atoms with Gasteiger partial charge < -0.3 is 30.2 Å². The molecule has 5 amide bonds. The van der Waals surface area contributed by atoms with Crippen molar-refractivity contribution in [2.75, 3.05) is 46.3 Å². The Labute approximate surface area is 478 Å². The quantitative estimate of drug-likeness (QED) is 0.0638. The Morgan fingerprint density at radius 3 is 1.45 bits per heavy atom. The minimum atomic E-state index is -0.572. The van der Waals surface area contributed by atoms with Crippen LogP contribution in [-0.4, -0.2) is 125 Å². The molecule has 0 radical (unpaired) electrons.